The molecule has 0 spiro atoms. The van der Waals surface area contributed by atoms with Crippen molar-refractivity contribution in [3.05, 3.63) is 67.1 Å². The Labute approximate surface area is 128 Å². The number of aromatic nitrogens is 2. The molecule has 0 radical (unpaired) electrons. The van der Waals surface area contributed by atoms with Gasteiger partial charge in [-0.25, -0.2) is 4.98 Å². The van der Waals surface area contributed by atoms with Crippen LogP contribution in [0.5, 0.6) is 0 Å². The molecular weight excluding hydrogens is 278 g/mol. The molecule has 0 aliphatic rings. The first-order valence-corrected chi connectivity index (χ1v) is 7.13. The first kappa shape index (κ1) is 14.1. The van der Waals surface area contributed by atoms with Gasteiger partial charge in [-0.05, 0) is 18.6 Å². The third kappa shape index (κ3) is 3.09. The summed E-state index contributed by atoms with van der Waals surface area (Å²) in [6.45, 7) is 2.61. The maximum Gasteiger partial charge on any atom is 0.287 e. The lowest BCUT2D eigenvalue weighted by atomic mass is 10.1. The normalized spacial score (nSPS) is 12.0. The molecule has 22 heavy (non-hydrogen) atoms. The molecule has 1 N–H and O–H groups in total. The number of benzene rings is 1. The van der Waals surface area contributed by atoms with Crippen molar-refractivity contribution in [2.24, 2.45) is 0 Å². The first-order chi connectivity index (χ1) is 10.7. The SMILES string of the molecule is CC(Cn1ccnc1)NC(=O)c1occc1-c1ccccc1. The molecule has 0 aliphatic heterocycles. The zero-order chi connectivity index (χ0) is 15.4. The van der Waals surface area contributed by atoms with E-state index >= 15 is 0 Å². The summed E-state index contributed by atoms with van der Waals surface area (Å²) in [5.74, 6) is 0.125. The van der Waals surface area contributed by atoms with Gasteiger partial charge in [-0.2, -0.15) is 0 Å². The predicted octanol–water partition coefficient (Wildman–Crippen LogP) is 2.96. The zero-order valence-corrected chi connectivity index (χ0v) is 12.3. The van der Waals surface area contributed by atoms with Crippen LogP contribution in [0.15, 0.2) is 65.8 Å². The predicted molar refractivity (Wildman–Crippen MR) is 83.3 cm³/mol. The van der Waals surface area contributed by atoms with Crippen molar-refractivity contribution in [3.63, 3.8) is 0 Å². The van der Waals surface area contributed by atoms with Gasteiger partial charge in [0, 0.05) is 30.5 Å². The lowest BCUT2D eigenvalue weighted by Crippen LogP contribution is -2.35. The monoisotopic (exact) mass is 295 g/mol. The van der Waals surface area contributed by atoms with E-state index in [0.29, 0.717) is 12.3 Å². The van der Waals surface area contributed by atoms with Gasteiger partial charge in [0.2, 0.25) is 0 Å². The fourth-order valence-electron chi connectivity index (χ4n) is 2.38. The quantitative estimate of drug-likeness (QED) is 0.787. The van der Waals surface area contributed by atoms with Gasteiger partial charge in [0.15, 0.2) is 5.76 Å². The summed E-state index contributed by atoms with van der Waals surface area (Å²) in [6.07, 6.45) is 6.85. The average molecular weight is 295 g/mol. The number of carbonyl (C=O) groups is 1. The van der Waals surface area contributed by atoms with E-state index in [-0.39, 0.29) is 11.9 Å². The van der Waals surface area contributed by atoms with Crippen LogP contribution in [0.3, 0.4) is 0 Å². The molecule has 0 fully saturated rings. The van der Waals surface area contributed by atoms with Crippen LogP contribution in [-0.4, -0.2) is 21.5 Å². The average Bonchev–Trinajstić information content (AvgIpc) is 3.18. The van der Waals surface area contributed by atoms with Crippen LogP contribution >= 0.6 is 0 Å². The fourth-order valence-corrected chi connectivity index (χ4v) is 2.38. The Morgan fingerprint density at radius 3 is 2.86 bits per heavy atom. The standard InChI is InChI=1S/C17H17N3O2/c1-13(11-20-9-8-18-12-20)19-17(21)16-15(7-10-22-16)14-5-3-2-4-6-14/h2-10,12-13H,11H2,1H3,(H,19,21). The van der Waals surface area contributed by atoms with Gasteiger partial charge in [0.25, 0.3) is 5.91 Å². The Bertz CT molecular complexity index is 732. The molecule has 0 saturated carbocycles. The molecule has 3 rings (SSSR count). The highest BCUT2D eigenvalue weighted by atomic mass is 16.3. The van der Waals surface area contributed by atoms with Gasteiger partial charge in [-0.1, -0.05) is 30.3 Å². The van der Waals surface area contributed by atoms with Gasteiger partial charge in [-0.3, -0.25) is 4.79 Å². The Balaban J connectivity index is 1.72. The van der Waals surface area contributed by atoms with Crippen LogP contribution in [-0.2, 0) is 6.54 Å². The maximum absolute atomic E-state index is 12.4. The van der Waals surface area contributed by atoms with Gasteiger partial charge < -0.3 is 14.3 Å². The summed E-state index contributed by atoms with van der Waals surface area (Å²) in [7, 11) is 0. The molecule has 1 atom stereocenters. The second kappa shape index (κ2) is 6.30. The molecule has 1 aromatic carbocycles. The molecule has 2 aromatic heterocycles. The number of nitrogens with zero attached hydrogens (tertiary/aromatic N) is 2. The van der Waals surface area contributed by atoms with Crippen molar-refractivity contribution in [3.8, 4) is 11.1 Å². The van der Waals surface area contributed by atoms with E-state index in [4.69, 9.17) is 4.42 Å². The number of nitrogens with one attached hydrogen (secondary N) is 1. The lowest BCUT2D eigenvalue weighted by molar-refractivity contribution is 0.0909. The summed E-state index contributed by atoms with van der Waals surface area (Å²) in [4.78, 5) is 16.4. The minimum atomic E-state index is -0.212. The molecule has 2 heterocycles. The van der Waals surface area contributed by atoms with Crippen molar-refractivity contribution in [1.82, 2.24) is 14.9 Å². The highest BCUT2D eigenvalue weighted by Gasteiger charge is 2.18. The number of carbonyl (C=O) groups excluding carboxylic acids is 1. The van der Waals surface area contributed by atoms with Gasteiger partial charge in [0.1, 0.15) is 0 Å². The van der Waals surface area contributed by atoms with Gasteiger partial charge >= 0.3 is 0 Å². The molecule has 0 saturated heterocycles. The molecule has 1 amide bonds. The second-order valence-corrected chi connectivity index (χ2v) is 5.16. The van der Waals surface area contributed by atoms with Gasteiger partial charge in [0.05, 0.1) is 12.6 Å². The van der Waals surface area contributed by atoms with E-state index in [2.05, 4.69) is 10.3 Å². The molecule has 5 nitrogen and oxygen atoms in total. The number of hydrogen-bond donors (Lipinski definition) is 1. The van der Waals surface area contributed by atoms with E-state index in [1.165, 1.54) is 6.26 Å². The smallest absolute Gasteiger partial charge is 0.287 e. The van der Waals surface area contributed by atoms with Gasteiger partial charge in [-0.15, -0.1) is 0 Å². The van der Waals surface area contributed by atoms with E-state index in [9.17, 15) is 4.79 Å². The number of amides is 1. The van der Waals surface area contributed by atoms with E-state index in [1.807, 2.05) is 54.1 Å². The molecule has 5 heteroatoms. The number of rotatable bonds is 5. The topological polar surface area (TPSA) is 60.1 Å². The van der Waals surface area contributed by atoms with Crippen molar-refractivity contribution in [2.45, 2.75) is 19.5 Å². The summed E-state index contributed by atoms with van der Waals surface area (Å²) in [5, 5.41) is 2.95. The number of furan rings is 1. The maximum atomic E-state index is 12.4. The second-order valence-electron chi connectivity index (χ2n) is 5.16. The zero-order valence-electron chi connectivity index (χ0n) is 12.3. The Hall–Kier alpha value is -2.82. The molecule has 1 unspecified atom stereocenters. The third-order valence-electron chi connectivity index (χ3n) is 3.38. The van der Waals surface area contributed by atoms with Crippen LogP contribution in [0.2, 0.25) is 0 Å². The van der Waals surface area contributed by atoms with Crippen LogP contribution in [0, 0.1) is 0 Å². The van der Waals surface area contributed by atoms with Crippen LogP contribution in [0.4, 0.5) is 0 Å². The summed E-state index contributed by atoms with van der Waals surface area (Å²) >= 11 is 0. The number of hydrogen-bond acceptors (Lipinski definition) is 3. The summed E-state index contributed by atoms with van der Waals surface area (Å²) in [6, 6.07) is 11.5. The van der Waals surface area contributed by atoms with Crippen molar-refractivity contribution in [1.29, 1.82) is 0 Å². The van der Waals surface area contributed by atoms with Crippen molar-refractivity contribution in [2.75, 3.05) is 0 Å². The fraction of sp³-hybridized carbons (Fsp3) is 0.176. The van der Waals surface area contributed by atoms with Crippen LogP contribution < -0.4 is 5.32 Å². The Kier molecular flexibility index (Phi) is 4.05. The molecule has 3 aromatic rings. The molecule has 112 valence electrons. The molecule has 0 aliphatic carbocycles. The first-order valence-electron chi connectivity index (χ1n) is 7.13. The van der Waals surface area contributed by atoms with E-state index in [0.717, 1.165) is 11.1 Å². The highest BCUT2D eigenvalue weighted by molar-refractivity contribution is 5.98. The molecular formula is C17H17N3O2. The Morgan fingerprint density at radius 2 is 2.14 bits per heavy atom. The summed E-state index contributed by atoms with van der Waals surface area (Å²) in [5.41, 5.74) is 1.76. The van der Waals surface area contributed by atoms with Crippen LogP contribution in [0.1, 0.15) is 17.5 Å². The van der Waals surface area contributed by atoms with E-state index < -0.39 is 0 Å². The Morgan fingerprint density at radius 1 is 1.32 bits per heavy atom. The van der Waals surface area contributed by atoms with Crippen LogP contribution in [0.25, 0.3) is 11.1 Å². The van der Waals surface area contributed by atoms with Crippen molar-refractivity contribution >= 4 is 5.91 Å². The summed E-state index contributed by atoms with van der Waals surface area (Å²) < 4.78 is 7.31. The molecule has 0 bridgehead atoms. The third-order valence-corrected chi connectivity index (χ3v) is 3.38. The van der Waals surface area contributed by atoms with E-state index in [1.54, 1.807) is 12.5 Å². The minimum absolute atomic E-state index is 0.0320. The lowest BCUT2D eigenvalue weighted by Gasteiger charge is -2.14. The number of imidazole rings is 1. The minimum Gasteiger partial charge on any atom is -0.459 e. The largest absolute Gasteiger partial charge is 0.459 e. The highest BCUT2D eigenvalue weighted by Crippen LogP contribution is 2.24. The van der Waals surface area contributed by atoms with Crippen molar-refractivity contribution < 1.29 is 9.21 Å².